The molecular weight excluding hydrogens is 424 g/mol. The standard InChI is InChI=1S/C25H26N2O4S/c1-29-16-17-31-23-9-5-8-21(18-23)26-25(32)27-24(28)20-10-12-22(13-11-20)30-15-14-19-6-3-2-4-7-19/h2-13,18H,14-17H2,1H3,(H2,26,27,28,32). The van der Waals surface area contributed by atoms with E-state index in [0.717, 1.165) is 6.42 Å². The Morgan fingerprint density at radius 1 is 0.844 bits per heavy atom. The van der Waals surface area contributed by atoms with Gasteiger partial charge in [0.15, 0.2) is 5.11 Å². The van der Waals surface area contributed by atoms with Crippen molar-refractivity contribution in [3.05, 3.63) is 90.0 Å². The van der Waals surface area contributed by atoms with Crippen molar-refractivity contribution < 1.29 is 19.0 Å². The van der Waals surface area contributed by atoms with Crippen molar-refractivity contribution in [2.45, 2.75) is 6.42 Å². The molecule has 0 heterocycles. The molecule has 0 saturated carbocycles. The van der Waals surface area contributed by atoms with E-state index in [-0.39, 0.29) is 11.0 Å². The van der Waals surface area contributed by atoms with Crippen LogP contribution in [0.3, 0.4) is 0 Å². The van der Waals surface area contributed by atoms with Crippen molar-refractivity contribution in [3.63, 3.8) is 0 Å². The number of thiocarbonyl (C=S) groups is 1. The van der Waals surface area contributed by atoms with E-state index in [4.69, 9.17) is 26.4 Å². The number of rotatable bonds is 10. The first-order valence-electron chi connectivity index (χ1n) is 10.2. The number of methoxy groups -OCH3 is 1. The summed E-state index contributed by atoms with van der Waals surface area (Å²) in [6.45, 7) is 1.52. The molecule has 7 heteroatoms. The zero-order valence-corrected chi connectivity index (χ0v) is 18.7. The Morgan fingerprint density at radius 3 is 2.34 bits per heavy atom. The highest BCUT2D eigenvalue weighted by Crippen LogP contribution is 2.17. The van der Waals surface area contributed by atoms with Gasteiger partial charge in [-0.2, -0.15) is 0 Å². The van der Waals surface area contributed by atoms with Crippen LogP contribution in [-0.4, -0.2) is 38.0 Å². The largest absolute Gasteiger partial charge is 0.493 e. The predicted octanol–water partition coefficient (Wildman–Crippen LogP) is 4.46. The summed E-state index contributed by atoms with van der Waals surface area (Å²) in [5.41, 5.74) is 2.42. The van der Waals surface area contributed by atoms with Crippen molar-refractivity contribution in [1.29, 1.82) is 0 Å². The lowest BCUT2D eigenvalue weighted by Crippen LogP contribution is -2.34. The van der Waals surface area contributed by atoms with Crippen LogP contribution in [0.25, 0.3) is 0 Å². The van der Waals surface area contributed by atoms with Crippen molar-refractivity contribution in [3.8, 4) is 11.5 Å². The molecule has 0 radical (unpaired) electrons. The molecule has 6 nitrogen and oxygen atoms in total. The molecule has 3 aromatic rings. The van der Waals surface area contributed by atoms with Crippen molar-refractivity contribution in [1.82, 2.24) is 5.32 Å². The molecule has 3 rings (SSSR count). The Hall–Kier alpha value is -3.42. The van der Waals surface area contributed by atoms with Gasteiger partial charge in [-0.1, -0.05) is 36.4 Å². The molecule has 32 heavy (non-hydrogen) atoms. The van der Waals surface area contributed by atoms with E-state index >= 15 is 0 Å². The lowest BCUT2D eigenvalue weighted by Gasteiger charge is -2.12. The maximum atomic E-state index is 12.5. The number of carbonyl (C=O) groups is 1. The van der Waals surface area contributed by atoms with Gasteiger partial charge in [-0.3, -0.25) is 10.1 Å². The van der Waals surface area contributed by atoms with Crippen LogP contribution in [0, 0.1) is 0 Å². The highest BCUT2D eigenvalue weighted by molar-refractivity contribution is 7.80. The molecule has 1 amide bonds. The molecule has 2 N–H and O–H groups in total. The van der Waals surface area contributed by atoms with Crippen LogP contribution in [0.4, 0.5) is 5.69 Å². The first-order valence-corrected chi connectivity index (χ1v) is 10.7. The van der Waals surface area contributed by atoms with Crippen LogP contribution in [-0.2, 0) is 11.2 Å². The second-order valence-corrected chi connectivity index (χ2v) is 7.29. The number of hydrogen-bond acceptors (Lipinski definition) is 5. The molecule has 0 aromatic heterocycles. The summed E-state index contributed by atoms with van der Waals surface area (Å²) in [5, 5.41) is 5.87. The number of hydrogen-bond donors (Lipinski definition) is 2. The van der Waals surface area contributed by atoms with Crippen molar-refractivity contribution >= 4 is 28.9 Å². The summed E-state index contributed by atoms with van der Waals surface area (Å²) < 4.78 is 16.3. The normalized spacial score (nSPS) is 10.3. The quantitative estimate of drug-likeness (QED) is 0.351. The van der Waals surface area contributed by atoms with E-state index in [1.165, 1.54) is 5.56 Å². The number of carbonyl (C=O) groups excluding carboxylic acids is 1. The van der Waals surface area contributed by atoms with E-state index < -0.39 is 0 Å². The fourth-order valence-corrected chi connectivity index (χ4v) is 3.09. The van der Waals surface area contributed by atoms with E-state index in [2.05, 4.69) is 22.8 Å². The fourth-order valence-electron chi connectivity index (χ4n) is 2.88. The molecule has 0 spiro atoms. The van der Waals surface area contributed by atoms with Gasteiger partial charge in [-0.25, -0.2) is 0 Å². The Labute approximate surface area is 193 Å². The van der Waals surface area contributed by atoms with Gasteiger partial charge in [0.25, 0.3) is 5.91 Å². The average molecular weight is 451 g/mol. The van der Waals surface area contributed by atoms with Gasteiger partial charge < -0.3 is 19.5 Å². The Bertz CT molecular complexity index is 1010. The van der Waals surface area contributed by atoms with Gasteiger partial charge in [0, 0.05) is 30.8 Å². The van der Waals surface area contributed by atoms with Crippen molar-refractivity contribution in [2.24, 2.45) is 0 Å². The predicted molar refractivity (Wildman–Crippen MR) is 130 cm³/mol. The minimum Gasteiger partial charge on any atom is -0.493 e. The van der Waals surface area contributed by atoms with Crippen LogP contribution >= 0.6 is 12.2 Å². The van der Waals surface area contributed by atoms with Gasteiger partial charge in [-0.05, 0) is 54.2 Å². The molecule has 0 bridgehead atoms. The van der Waals surface area contributed by atoms with Gasteiger partial charge in [0.05, 0.1) is 13.2 Å². The topological polar surface area (TPSA) is 68.8 Å². The number of amides is 1. The number of benzene rings is 3. The lowest BCUT2D eigenvalue weighted by molar-refractivity contribution is 0.0977. The molecule has 3 aromatic carbocycles. The summed E-state index contributed by atoms with van der Waals surface area (Å²) in [7, 11) is 1.62. The van der Waals surface area contributed by atoms with E-state index in [9.17, 15) is 4.79 Å². The van der Waals surface area contributed by atoms with Crippen LogP contribution in [0.2, 0.25) is 0 Å². The Morgan fingerprint density at radius 2 is 1.59 bits per heavy atom. The van der Waals surface area contributed by atoms with Crippen LogP contribution in [0.15, 0.2) is 78.9 Å². The van der Waals surface area contributed by atoms with Gasteiger partial charge in [-0.15, -0.1) is 0 Å². The SMILES string of the molecule is COCCOc1cccc(NC(=S)NC(=O)c2ccc(OCCc3ccccc3)cc2)c1. The third-order valence-electron chi connectivity index (χ3n) is 4.49. The summed E-state index contributed by atoms with van der Waals surface area (Å²) in [4.78, 5) is 12.5. The van der Waals surface area contributed by atoms with Crippen LogP contribution in [0.1, 0.15) is 15.9 Å². The van der Waals surface area contributed by atoms with Crippen LogP contribution in [0.5, 0.6) is 11.5 Å². The Kier molecular flexibility index (Phi) is 9.04. The molecule has 0 aliphatic carbocycles. The summed E-state index contributed by atoms with van der Waals surface area (Å²) >= 11 is 5.26. The molecule has 0 atom stereocenters. The second kappa shape index (κ2) is 12.4. The number of anilines is 1. The summed E-state index contributed by atoms with van der Waals surface area (Å²) in [6.07, 6.45) is 0.821. The maximum Gasteiger partial charge on any atom is 0.257 e. The molecule has 0 fully saturated rings. The van der Waals surface area contributed by atoms with E-state index in [0.29, 0.717) is 42.6 Å². The third-order valence-corrected chi connectivity index (χ3v) is 4.70. The molecule has 0 saturated heterocycles. The van der Waals surface area contributed by atoms with Gasteiger partial charge in [0.2, 0.25) is 0 Å². The highest BCUT2D eigenvalue weighted by Gasteiger charge is 2.09. The van der Waals surface area contributed by atoms with Crippen LogP contribution < -0.4 is 20.1 Å². The molecule has 166 valence electrons. The third kappa shape index (κ3) is 7.68. The van der Waals surface area contributed by atoms with Gasteiger partial charge in [0.1, 0.15) is 18.1 Å². The monoisotopic (exact) mass is 450 g/mol. The molecule has 0 unspecified atom stereocenters. The zero-order chi connectivity index (χ0) is 22.6. The average Bonchev–Trinajstić information content (AvgIpc) is 2.80. The minimum atomic E-state index is -0.300. The highest BCUT2D eigenvalue weighted by atomic mass is 32.1. The molecule has 0 aliphatic rings. The summed E-state index contributed by atoms with van der Waals surface area (Å²) in [5.74, 6) is 1.10. The minimum absolute atomic E-state index is 0.201. The second-order valence-electron chi connectivity index (χ2n) is 6.89. The number of nitrogens with one attached hydrogen (secondary N) is 2. The zero-order valence-electron chi connectivity index (χ0n) is 17.9. The first kappa shape index (κ1) is 23.2. The van der Waals surface area contributed by atoms with E-state index in [1.807, 2.05) is 36.4 Å². The summed E-state index contributed by atoms with van der Waals surface area (Å²) in [6, 6.07) is 24.4. The smallest absolute Gasteiger partial charge is 0.257 e. The lowest BCUT2D eigenvalue weighted by atomic mass is 10.2. The van der Waals surface area contributed by atoms with Gasteiger partial charge >= 0.3 is 0 Å². The first-order chi connectivity index (χ1) is 15.6. The molecule has 0 aliphatic heterocycles. The number of ether oxygens (including phenoxy) is 3. The fraction of sp³-hybridized carbons (Fsp3) is 0.200. The van der Waals surface area contributed by atoms with Crippen molar-refractivity contribution in [2.75, 3.05) is 32.2 Å². The maximum absolute atomic E-state index is 12.5. The Balaban J connectivity index is 1.45. The van der Waals surface area contributed by atoms with E-state index in [1.54, 1.807) is 37.4 Å². The molecular formula is C25H26N2O4S.